The quantitative estimate of drug-likeness (QED) is 0.163. The number of benzene rings is 5. The van der Waals surface area contributed by atoms with Crippen molar-refractivity contribution >= 4 is 32.8 Å². The highest BCUT2D eigenvalue weighted by Gasteiger charge is 2.18. The minimum absolute atomic E-state index is 0.597. The van der Waals surface area contributed by atoms with E-state index in [2.05, 4.69) is 82.8 Å². The average Bonchev–Trinajstić information content (AvgIpc) is 3.69. The summed E-state index contributed by atoms with van der Waals surface area (Å²) in [6, 6.07) is 55.6. The predicted molar refractivity (Wildman–Crippen MR) is 213 cm³/mol. The number of aromatic nitrogens is 5. The molecule has 0 N–H and O–H groups in total. The lowest BCUT2D eigenvalue weighted by Crippen LogP contribution is -1.94. The second kappa shape index (κ2) is 12.8. The van der Waals surface area contributed by atoms with Crippen molar-refractivity contribution in [1.82, 2.24) is 24.9 Å². The lowest BCUT2D eigenvalue weighted by Gasteiger charge is -2.12. The molecular weight excluding hydrogens is 651 g/mol. The van der Waals surface area contributed by atoms with Crippen LogP contribution in [0.15, 0.2) is 181 Å². The van der Waals surface area contributed by atoms with Gasteiger partial charge in [-0.25, -0.2) is 15.0 Å². The topological polar surface area (TPSA) is 77.6 Å². The highest BCUT2D eigenvalue weighted by Crippen LogP contribution is 2.40. The van der Waals surface area contributed by atoms with Gasteiger partial charge in [0, 0.05) is 39.7 Å². The maximum absolute atomic E-state index is 6.36. The molecule has 0 fully saturated rings. The summed E-state index contributed by atoms with van der Waals surface area (Å²) >= 11 is 0. The third-order valence-corrected chi connectivity index (χ3v) is 9.61. The summed E-state index contributed by atoms with van der Waals surface area (Å²) in [6.45, 7) is 0. The summed E-state index contributed by atoms with van der Waals surface area (Å²) in [6.07, 6.45) is 3.58. The van der Waals surface area contributed by atoms with Crippen LogP contribution in [0.1, 0.15) is 0 Å². The normalized spacial score (nSPS) is 11.4. The molecule has 0 amide bonds. The van der Waals surface area contributed by atoms with Gasteiger partial charge in [-0.2, -0.15) is 0 Å². The Labute approximate surface area is 305 Å². The van der Waals surface area contributed by atoms with Gasteiger partial charge in [-0.05, 0) is 95.1 Å². The summed E-state index contributed by atoms with van der Waals surface area (Å²) in [5, 5.41) is 3.08. The van der Waals surface area contributed by atoms with Gasteiger partial charge >= 0.3 is 0 Å². The first-order valence-electron chi connectivity index (χ1n) is 17.5. The Bertz CT molecular complexity index is 2850. The van der Waals surface area contributed by atoms with Crippen LogP contribution in [0.4, 0.5) is 0 Å². The number of fused-ring (bicyclic) bond motifs is 5. The molecule has 0 aliphatic heterocycles. The van der Waals surface area contributed by atoms with E-state index < -0.39 is 0 Å². The number of hydrogen-bond donors (Lipinski definition) is 0. The highest BCUT2D eigenvalue weighted by atomic mass is 16.3. The second-order valence-corrected chi connectivity index (χ2v) is 12.9. The average molecular weight is 680 g/mol. The molecule has 0 bridgehead atoms. The molecule has 0 aliphatic carbocycles. The van der Waals surface area contributed by atoms with Crippen LogP contribution in [0.2, 0.25) is 0 Å². The monoisotopic (exact) mass is 679 g/mol. The Balaban J connectivity index is 1.11. The van der Waals surface area contributed by atoms with E-state index in [0.29, 0.717) is 5.89 Å². The van der Waals surface area contributed by atoms with Gasteiger partial charge in [0.05, 0.1) is 34.0 Å². The smallest absolute Gasteiger partial charge is 0.227 e. The molecule has 0 unspecified atom stereocenters. The molecule has 53 heavy (non-hydrogen) atoms. The van der Waals surface area contributed by atoms with Crippen molar-refractivity contribution in [3.63, 3.8) is 0 Å². The molecule has 10 rings (SSSR count). The van der Waals surface area contributed by atoms with Crippen molar-refractivity contribution in [3.8, 4) is 67.7 Å². The van der Waals surface area contributed by atoms with E-state index in [9.17, 15) is 0 Å². The van der Waals surface area contributed by atoms with Gasteiger partial charge in [0.2, 0.25) is 5.89 Å². The molecule has 6 nitrogen and oxygen atoms in total. The van der Waals surface area contributed by atoms with E-state index in [1.807, 2.05) is 91.0 Å². The zero-order valence-corrected chi connectivity index (χ0v) is 28.4. The maximum Gasteiger partial charge on any atom is 0.227 e. The first-order chi connectivity index (χ1) is 26.2. The molecule has 248 valence electrons. The molecule has 5 aromatic heterocycles. The molecule has 0 spiro atoms. The van der Waals surface area contributed by atoms with E-state index in [1.54, 1.807) is 12.4 Å². The lowest BCUT2D eigenvalue weighted by molar-refractivity contribution is 0.620. The molecule has 6 heteroatoms. The number of nitrogens with zero attached hydrogens (tertiary/aromatic N) is 5. The van der Waals surface area contributed by atoms with Crippen LogP contribution in [-0.2, 0) is 0 Å². The van der Waals surface area contributed by atoms with E-state index in [1.165, 1.54) is 0 Å². The van der Waals surface area contributed by atoms with Crippen LogP contribution in [0.25, 0.3) is 101 Å². The van der Waals surface area contributed by atoms with E-state index in [4.69, 9.17) is 19.4 Å². The van der Waals surface area contributed by atoms with Crippen LogP contribution in [0.3, 0.4) is 0 Å². The van der Waals surface area contributed by atoms with E-state index in [-0.39, 0.29) is 0 Å². The largest absolute Gasteiger partial charge is 0.436 e. The first kappa shape index (κ1) is 30.5. The predicted octanol–water partition coefficient (Wildman–Crippen LogP) is 11.7. The van der Waals surface area contributed by atoms with Gasteiger partial charge in [-0.1, -0.05) is 91.0 Å². The Kier molecular flexibility index (Phi) is 7.36. The van der Waals surface area contributed by atoms with Gasteiger partial charge in [0.15, 0.2) is 5.58 Å². The van der Waals surface area contributed by atoms with Crippen molar-refractivity contribution in [2.45, 2.75) is 0 Å². The van der Waals surface area contributed by atoms with Gasteiger partial charge in [-0.3, -0.25) is 9.97 Å². The maximum atomic E-state index is 6.36. The summed E-state index contributed by atoms with van der Waals surface area (Å²) < 4.78 is 6.36. The van der Waals surface area contributed by atoms with Crippen molar-refractivity contribution in [2.75, 3.05) is 0 Å². The van der Waals surface area contributed by atoms with Crippen LogP contribution in [0, 0.1) is 0 Å². The minimum Gasteiger partial charge on any atom is -0.436 e. The Hall–Kier alpha value is -7.31. The number of rotatable bonds is 6. The number of pyridine rings is 4. The molecule has 0 saturated heterocycles. The summed E-state index contributed by atoms with van der Waals surface area (Å²) in [5.74, 6) is 0.597. The fourth-order valence-corrected chi connectivity index (χ4v) is 7.02. The standard InChI is InChI=1S/C47H29N5O/c1-3-11-32(12-4-1)45-36-22-24-43-46(52-47(53-43)33-13-5-2-6-14-33)44(36)37-27-34(21-23-38(37)51-45)30-17-19-31(20-18-30)35-28-41(39-15-7-9-25-48-39)50-42(29-35)40-16-8-10-26-49-40/h1-29H. The fourth-order valence-electron chi connectivity index (χ4n) is 7.02. The molecule has 5 aromatic carbocycles. The van der Waals surface area contributed by atoms with Gasteiger partial charge in [0.1, 0.15) is 5.52 Å². The number of oxazole rings is 1. The molecule has 0 aliphatic rings. The van der Waals surface area contributed by atoms with Crippen molar-refractivity contribution < 1.29 is 4.42 Å². The zero-order chi connectivity index (χ0) is 35.1. The Morgan fingerprint density at radius 3 is 1.62 bits per heavy atom. The van der Waals surface area contributed by atoms with Crippen molar-refractivity contribution in [3.05, 3.63) is 176 Å². The molecule has 10 aromatic rings. The first-order valence-corrected chi connectivity index (χ1v) is 17.5. The second-order valence-electron chi connectivity index (χ2n) is 12.9. The lowest BCUT2D eigenvalue weighted by atomic mass is 9.95. The van der Waals surface area contributed by atoms with E-state index in [0.717, 1.165) is 94.6 Å². The summed E-state index contributed by atoms with van der Waals surface area (Å²) in [4.78, 5) is 24.4. The third kappa shape index (κ3) is 5.59. The highest BCUT2D eigenvalue weighted by molar-refractivity contribution is 6.21. The molecule has 0 atom stereocenters. The Morgan fingerprint density at radius 1 is 0.377 bits per heavy atom. The molecule has 0 radical (unpaired) electrons. The minimum atomic E-state index is 0.597. The van der Waals surface area contributed by atoms with Gasteiger partial charge in [0.25, 0.3) is 0 Å². The van der Waals surface area contributed by atoms with E-state index >= 15 is 0 Å². The zero-order valence-electron chi connectivity index (χ0n) is 28.4. The van der Waals surface area contributed by atoms with Crippen LogP contribution < -0.4 is 0 Å². The Morgan fingerprint density at radius 2 is 0.981 bits per heavy atom. The third-order valence-electron chi connectivity index (χ3n) is 9.61. The van der Waals surface area contributed by atoms with Crippen LogP contribution >= 0.6 is 0 Å². The van der Waals surface area contributed by atoms with Crippen LogP contribution in [-0.4, -0.2) is 24.9 Å². The van der Waals surface area contributed by atoms with Gasteiger partial charge < -0.3 is 4.42 Å². The fraction of sp³-hybridized carbons (Fsp3) is 0. The molecular formula is C47H29N5O. The SMILES string of the molecule is c1ccc(-c2nc3c(ccc4c(-c5ccccc5)nc5ccc(-c6ccc(-c7cc(-c8ccccn8)nc(-c8ccccn8)c7)cc6)cc5c43)o2)cc1. The van der Waals surface area contributed by atoms with Crippen molar-refractivity contribution in [1.29, 1.82) is 0 Å². The molecule has 5 heterocycles. The van der Waals surface area contributed by atoms with Crippen LogP contribution in [0.5, 0.6) is 0 Å². The summed E-state index contributed by atoms with van der Waals surface area (Å²) in [7, 11) is 0. The van der Waals surface area contributed by atoms with Crippen molar-refractivity contribution in [2.24, 2.45) is 0 Å². The molecule has 0 saturated carbocycles. The number of hydrogen-bond acceptors (Lipinski definition) is 6. The summed E-state index contributed by atoms with van der Waals surface area (Å²) in [5.41, 5.74) is 12.9. The van der Waals surface area contributed by atoms with Gasteiger partial charge in [-0.15, -0.1) is 0 Å².